The van der Waals surface area contributed by atoms with Gasteiger partial charge in [0.1, 0.15) is 0 Å². The van der Waals surface area contributed by atoms with Gasteiger partial charge in [-0.25, -0.2) is 6.57 Å². The highest BCUT2D eigenvalue weighted by atomic mass is 15.2. The smallest absolute Gasteiger partial charge is 0.307 e. The molecule has 0 bridgehead atoms. The molecule has 118 valence electrons. The van der Waals surface area contributed by atoms with Crippen LogP contribution in [0.4, 0.5) is 5.69 Å². The van der Waals surface area contributed by atoms with Crippen LogP contribution in [-0.4, -0.2) is 30.2 Å². The maximum Gasteiger partial charge on any atom is 0.307 e. The molecule has 0 aromatic heterocycles. The van der Waals surface area contributed by atoms with Crippen molar-refractivity contribution in [3.8, 4) is 0 Å². The molecule has 0 amide bonds. The Hall–Kier alpha value is -2.31. The number of nitrogens with zero attached hydrogens (tertiary/aromatic N) is 2. The Balaban J connectivity index is 1.53. The summed E-state index contributed by atoms with van der Waals surface area (Å²) in [5, 5.41) is 3.46. The Bertz CT molecular complexity index is 638. The fourth-order valence-electron chi connectivity index (χ4n) is 3.13. The lowest BCUT2D eigenvalue weighted by Gasteiger charge is -2.34. The minimum atomic E-state index is -0.440. The van der Waals surface area contributed by atoms with Gasteiger partial charge in [0.05, 0.1) is 12.8 Å². The number of hydrogen-bond acceptors (Lipinski definition) is 2. The van der Waals surface area contributed by atoms with Crippen LogP contribution in [0.15, 0.2) is 60.7 Å². The summed E-state index contributed by atoms with van der Waals surface area (Å²) in [6.07, 6.45) is 2.83. The SMILES string of the molecule is [C-]#[N+]C1(Nc2ccccc2)CCN(CCc2ccccc2)CC1. The van der Waals surface area contributed by atoms with Crippen molar-refractivity contribution in [2.24, 2.45) is 0 Å². The zero-order chi connectivity index (χ0) is 16.0. The van der Waals surface area contributed by atoms with Gasteiger partial charge in [-0.3, -0.25) is 4.85 Å². The van der Waals surface area contributed by atoms with Gasteiger partial charge >= 0.3 is 5.66 Å². The number of anilines is 1. The molecule has 0 unspecified atom stereocenters. The van der Waals surface area contributed by atoms with Crippen molar-refractivity contribution in [3.05, 3.63) is 77.6 Å². The van der Waals surface area contributed by atoms with Crippen LogP contribution in [0, 0.1) is 6.57 Å². The topological polar surface area (TPSA) is 19.6 Å². The monoisotopic (exact) mass is 305 g/mol. The zero-order valence-corrected chi connectivity index (χ0v) is 13.4. The van der Waals surface area contributed by atoms with Gasteiger partial charge in [0.25, 0.3) is 0 Å². The molecule has 0 aliphatic carbocycles. The van der Waals surface area contributed by atoms with E-state index in [0.717, 1.165) is 44.6 Å². The van der Waals surface area contributed by atoms with E-state index in [1.54, 1.807) is 0 Å². The van der Waals surface area contributed by atoms with Crippen LogP contribution in [0.3, 0.4) is 0 Å². The van der Waals surface area contributed by atoms with E-state index in [9.17, 15) is 0 Å². The number of piperidine rings is 1. The van der Waals surface area contributed by atoms with Crippen LogP contribution in [0.2, 0.25) is 0 Å². The summed E-state index contributed by atoms with van der Waals surface area (Å²) >= 11 is 0. The third-order valence-electron chi connectivity index (χ3n) is 4.61. The highest BCUT2D eigenvalue weighted by Gasteiger charge is 2.40. The van der Waals surface area contributed by atoms with Crippen LogP contribution in [0.1, 0.15) is 18.4 Å². The number of hydrogen-bond donors (Lipinski definition) is 1. The van der Waals surface area contributed by atoms with Crippen molar-refractivity contribution in [1.82, 2.24) is 4.90 Å². The second-order valence-electron chi connectivity index (χ2n) is 6.21. The van der Waals surface area contributed by atoms with Crippen molar-refractivity contribution in [2.45, 2.75) is 24.9 Å². The van der Waals surface area contributed by atoms with Crippen LogP contribution in [0.5, 0.6) is 0 Å². The lowest BCUT2D eigenvalue weighted by Crippen LogP contribution is -2.47. The molecule has 0 radical (unpaired) electrons. The number of benzene rings is 2. The minimum Gasteiger partial charge on any atom is -0.314 e. The second kappa shape index (κ2) is 7.30. The van der Waals surface area contributed by atoms with Gasteiger partial charge in [0, 0.05) is 25.3 Å². The summed E-state index contributed by atoms with van der Waals surface area (Å²) in [7, 11) is 0. The van der Waals surface area contributed by atoms with Crippen LogP contribution in [0.25, 0.3) is 4.85 Å². The molecule has 1 saturated heterocycles. The summed E-state index contributed by atoms with van der Waals surface area (Å²) in [4.78, 5) is 6.41. The number of rotatable bonds is 5. The first-order valence-corrected chi connectivity index (χ1v) is 8.28. The van der Waals surface area contributed by atoms with Crippen molar-refractivity contribution >= 4 is 5.69 Å². The summed E-state index contributed by atoms with van der Waals surface area (Å²) in [6.45, 7) is 10.7. The average Bonchev–Trinajstić information content (AvgIpc) is 2.63. The molecule has 1 aliphatic heterocycles. The number of para-hydroxylation sites is 1. The standard InChI is InChI=1S/C20H23N3/c1-21-20(22-19-10-6-3-7-11-19)13-16-23(17-14-20)15-12-18-8-4-2-5-9-18/h2-11,22H,12-17H2. The molecule has 1 fully saturated rings. The van der Waals surface area contributed by atoms with Crippen molar-refractivity contribution in [1.29, 1.82) is 0 Å². The molecule has 0 saturated carbocycles. The molecule has 1 aliphatic rings. The van der Waals surface area contributed by atoms with Gasteiger partial charge in [-0.15, -0.1) is 0 Å². The molecule has 2 aromatic rings. The zero-order valence-electron chi connectivity index (χ0n) is 13.4. The fraction of sp³-hybridized carbons (Fsp3) is 0.350. The molecule has 3 nitrogen and oxygen atoms in total. The van der Waals surface area contributed by atoms with Crippen molar-refractivity contribution < 1.29 is 0 Å². The van der Waals surface area contributed by atoms with E-state index in [2.05, 4.69) is 45.4 Å². The summed E-state index contributed by atoms with van der Waals surface area (Å²) in [5.41, 5.74) is 1.99. The van der Waals surface area contributed by atoms with Gasteiger partial charge in [0.15, 0.2) is 0 Å². The Labute approximate surface area is 138 Å². The van der Waals surface area contributed by atoms with Crippen molar-refractivity contribution in [3.63, 3.8) is 0 Å². The Morgan fingerprint density at radius 2 is 1.57 bits per heavy atom. The van der Waals surface area contributed by atoms with Gasteiger partial charge < -0.3 is 10.2 Å². The lowest BCUT2D eigenvalue weighted by molar-refractivity contribution is 0.195. The number of likely N-dealkylation sites (tertiary alicyclic amines) is 1. The second-order valence-corrected chi connectivity index (χ2v) is 6.21. The summed E-state index contributed by atoms with van der Waals surface area (Å²) in [5.74, 6) is 0. The molecule has 1 heterocycles. The molecule has 3 rings (SSSR count). The summed E-state index contributed by atoms with van der Waals surface area (Å²) < 4.78 is 0. The maximum absolute atomic E-state index is 7.64. The van der Waals surface area contributed by atoms with Crippen LogP contribution < -0.4 is 5.32 Å². The normalized spacial score (nSPS) is 17.3. The third-order valence-corrected chi connectivity index (χ3v) is 4.61. The predicted molar refractivity (Wildman–Crippen MR) is 95.2 cm³/mol. The average molecular weight is 305 g/mol. The maximum atomic E-state index is 7.64. The van der Waals surface area contributed by atoms with E-state index >= 15 is 0 Å². The van der Waals surface area contributed by atoms with Crippen molar-refractivity contribution in [2.75, 3.05) is 25.0 Å². The van der Waals surface area contributed by atoms with E-state index in [1.807, 2.05) is 30.3 Å². The molecule has 0 atom stereocenters. The lowest BCUT2D eigenvalue weighted by atomic mass is 9.96. The van der Waals surface area contributed by atoms with E-state index in [1.165, 1.54) is 5.56 Å². The molecule has 0 spiro atoms. The Kier molecular flexibility index (Phi) is 4.95. The molecule has 1 N–H and O–H groups in total. The quantitative estimate of drug-likeness (QED) is 0.841. The minimum absolute atomic E-state index is 0.440. The highest BCUT2D eigenvalue weighted by Crippen LogP contribution is 2.28. The van der Waals surface area contributed by atoms with Crippen LogP contribution >= 0.6 is 0 Å². The van der Waals surface area contributed by atoms with E-state index in [0.29, 0.717) is 0 Å². The molecular weight excluding hydrogens is 282 g/mol. The van der Waals surface area contributed by atoms with E-state index in [4.69, 9.17) is 6.57 Å². The molecule has 2 aromatic carbocycles. The largest absolute Gasteiger partial charge is 0.314 e. The highest BCUT2D eigenvalue weighted by molar-refractivity contribution is 5.46. The van der Waals surface area contributed by atoms with Gasteiger partial charge in [-0.2, -0.15) is 0 Å². The molecule has 23 heavy (non-hydrogen) atoms. The molecular formula is C20H23N3. The summed E-state index contributed by atoms with van der Waals surface area (Å²) in [6, 6.07) is 20.7. The molecule has 3 heteroatoms. The van der Waals surface area contributed by atoms with Gasteiger partial charge in [-0.05, 0) is 24.1 Å². The predicted octanol–water partition coefficient (Wildman–Crippen LogP) is 4.05. The Morgan fingerprint density at radius 3 is 2.17 bits per heavy atom. The van der Waals surface area contributed by atoms with Crippen LogP contribution in [-0.2, 0) is 6.42 Å². The van der Waals surface area contributed by atoms with E-state index < -0.39 is 5.66 Å². The first-order valence-electron chi connectivity index (χ1n) is 8.28. The van der Waals surface area contributed by atoms with Gasteiger partial charge in [0.2, 0.25) is 0 Å². The van der Waals surface area contributed by atoms with Gasteiger partial charge in [-0.1, -0.05) is 48.5 Å². The fourth-order valence-corrected chi connectivity index (χ4v) is 3.13. The first-order chi connectivity index (χ1) is 11.3. The number of nitrogens with one attached hydrogen (secondary N) is 1. The Morgan fingerprint density at radius 1 is 0.957 bits per heavy atom. The third kappa shape index (κ3) is 4.12. The van der Waals surface area contributed by atoms with E-state index in [-0.39, 0.29) is 0 Å². The first kappa shape index (κ1) is 15.6.